The number of allylic oxidation sites excluding steroid dienone is 1. The predicted octanol–water partition coefficient (Wildman–Crippen LogP) is 1.39. The Morgan fingerprint density at radius 1 is 1.17 bits per heavy atom. The van der Waals surface area contributed by atoms with E-state index in [1.165, 1.54) is 0 Å². The highest BCUT2D eigenvalue weighted by molar-refractivity contribution is 5.75. The van der Waals surface area contributed by atoms with E-state index >= 15 is 0 Å². The number of hydrogen-bond donors (Lipinski definition) is 1. The lowest BCUT2D eigenvalue weighted by Gasteiger charge is -2.33. The van der Waals surface area contributed by atoms with Crippen molar-refractivity contribution in [2.45, 2.75) is 20.3 Å². The van der Waals surface area contributed by atoms with Gasteiger partial charge < -0.3 is 19.9 Å². The van der Waals surface area contributed by atoms with Crippen molar-refractivity contribution in [3.05, 3.63) is 12.3 Å². The monoisotopic (exact) mass is 255 g/mol. The minimum absolute atomic E-state index is 0.122. The number of ether oxygens (including phenoxy) is 1. The van der Waals surface area contributed by atoms with Crippen molar-refractivity contribution in [3.63, 3.8) is 0 Å². The lowest BCUT2D eigenvalue weighted by Crippen LogP contribution is -2.52. The molecule has 1 fully saturated rings. The normalized spacial score (nSPS) is 15.9. The number of urea groups is 1. The Morgan fingerprint density at radius 3 is 2.33 bits per heavy atom. The van der Waals surface area contributed by atoms with Crippen LogP contribution in [0.4, 0.5) is 9.59 Å². The second-order valence-corrected chi connectivity index (χ2v) is 3.93. The van der Waals surface area contributed by atoms with E-state index in [2.05, 4.69) is 5.32 Å². The molecule has 0 aromatic heterocycles. The average Bonchev–Trinajstić information content (AvgIpc) is 2.39. The lowest BCUT2D eigenvalue weighted by atomic mass is 10.3. The molecule has 0 atom stereocenters. The maximum Gasteiger partial charge on any atom is 0.409 e. The van der Waals surface area contributed by atoms with Crippen molar-refractivity contribution < 1.29 is 14.3 Å². The number of nitrogens with zero attached hydrogens (tertiary/aromatic N) is 2. The topological polar surface area (TPSA) is 61.9 Å². The van der Waals surface area contributed by atoms with E-state index < -0.39 is 0 Å². The van der Waals surface area contributed by atoms with Gasteiger partial charge >= 0.3 is 12.1 Å². The molecule has 0 aliphatic carbocycles. The summed E-state index contributed by atoms with van der Waals surface area (Å²) in [6, 6.07) is -0.122. The van der Waals surface area contributed by atoms with Crippen LogP contribution in [0.15, 0.2) is 12.3 Å². The summed E-state index contributed by atoms with van der Waals surface area (Å²) in [7, 11) is 0. The fourth-order valence-corrected chi connectivity index (χ4v) is 1.65. The molecule has 6 heteroatoms. The first-order chi connectivity index (χ1) is 8.69. The van der Waals surface area contributed by atoms with Gasteiger partial charge in [0.1, 0.15) is 0 Å². The van der Waals surface area contributed by atoms with E-state index in [1.54, 1.807) is 22.9 Å². The number of amides is 3. The summed E-state index contributed by atoms with van der Waals surface area (Å²) in [5.41, 5.74) is 0. The maximum absolute atomic E-state index is 11.7. The van der Waals surface area contributed by atoms with E-state index in [1.807, 2.05) is 13.0 Å². The van der Waals surface area contributed by atoms with Gasteiger partial charge in [0, 0.05) is 32.4 Å². The predicted molar refractivity (Wildman–Crippen MR) is 68.1 cm³/mol. The number of carbonyl (C=O) groups is 2. The summed E-state index contributed by atoms with van der Waals surface area (Å²) < 4.78 is 4.91. The molecule has 0 bridgehead atoms. The van der Waals surface area contributed by atoms with Crippen LogP contribution < -0.4 is 5.32 Å². The van der Waals surface area contributed by atoms with Crippen LogP contribution in [0.5, 0.6) is 0 Å². The summed E-state index contributed by atoms with van der Waals surface area (Å²) in [5, 5.41) is 2.69. The van der Waals surface area contributed by atoms with Crippen LogP contribution in [-0.2, 0) is 4.74 Å². The van der Waals surface area contributed by atoms with Gasteiger partial charge in [-0.25, -0.2) is 9.59 Å². The molecule has 3 amide bonds. The standard InChI is InChI=1S/C12H21N3O3/c1-3-5-6-13-11(16)14-7-9-15(10-8-14)12(17)18-4-2/h5-6H,3-4,7-10H2,1-2H3,(H,13,16)/b6-5+. The third-order valence-corrected chi connectivity index (χ3v) is 2.65. The summed E-state index contributed by atoms with van der Waals surface area (Å²) in [4.78, 5) is 26.5. The van der Waals surface area contributed by atoms with Crippen LogP contribution in [0.2, 0.25) is 0 Å². The Balaban J connectivity index is 2.32. The minimum atomic E-state index is -0.302. The molecule has 102 valence electrons. The molecule has 0 saturated carbocycles. The fraction of sp³-hybridized carbons (Fsp3) is 0.667. The van der Waals surface area contributed by atoms with Gasteiger partial charge in [-0.3, -0.25) is 0 Å². The van der Waals surface area contributed by atoms with E-state index in [4.69, 9.17) is 4.74 Å². The van der Waals surface area contributed by atoms with Crippen molar-refractivity contribution in [2.24, 2.45) is 0 Å². The number of rotatable bonds is 3. The fourth-order valence-electron chi connectivity index (χ4n) is 1.65. The first-order valence-corrected chi connectivity index (χ1v) is 6.31. The van der Waals surface area contributed by atoms with Crippen LogP contribution in [0, 0.1) is 0 Å². The molecule has 1 saturated heterocycles. The molecule has 1 aliphatic rings. The molecule has 6 nitrogen and oxygen atoms in total. The largest absolute Gasteiger partial charge is 0.450 e. The summed E-state index contributed by atoms with van der Waals surface area (Å²) in [6.07, 6.45) is 4.12. The van der Waals surface area contributed by atoms with E-state index in [0.29, 0.717) is 32.8 Å². The molecule has 1 aliphatic heterocycles. The average molecular weight is 255 g/mol. The highest BCUT2D eigenvalue weighted by atomic mass is 16.6. The zero-order chi connectivity index (χ0) is 13.4. The van der Waals surface area contributed by atoms with Gasteiger partial charge in [-0.15, -0.1) is 0 Å². The number of carbonyl (C=O) groups excluding carboxylic acids is 2. The van der Waals surface area contributed by atoms with Crippen LogP contribution in [0.1, 0.15) is 20.3 Å². The summed E-state index contributed by atoms with van der Waals surface area (Å²) in [5.74, 6) is 0. The van der Waals surface area contributed by atoms with Crippen LogP contribution in [0.3, 0.4) is 0 Å². The van der Waals surface area contributed by atoms with E-state index in [-0.39, 0.29) is 12.1 Å². The van der Waals surface area contributed by atoms with E-state index in [0.717, 1.165) is 6.42 Å². The smallest absolute Gasteiger partial charge is 0.409 e. The number of hydrogen-bond acceptors (Lipinski definition) is 3. The second kappa shape index (κ2) is 7.58. The molecular formula is C12H21N3O3. The Morgan fingerprint density at radius 2 is 1.78 bits per heavy atom. The third kappa shape index (κ3) is 4.27. The van der Waals surface area contributed by atoms with Gasteiger partial charge in [-0.05, 0) is 13.3 Å². The first-order valence-electron chi connectivity index (χ1n) is 6.31. The van der Waals surface area contributed by atoms with Gasteiger partial charge in [0.2, 0.25) is 0 Å². The van der Waals surface area contributed by atoms with Crippen molar-refractivity contribution in [1.82, 2.24) is 15.1 Å². The van der Waals surface area contributed by atoms with Crippen molar-refractivity contribution in [1.29, 1.82) is 0 Å². The Bertz CT molecular complexity index is 310. The molecule has 0 radical (unpaired) electrons. The summed E-state index contributed by atoms with van der Waals surface area (Å²) >= 11 is 0. The molecule has 0 aromatic rings. The van der Waals surface area contributed by atoms with Crippen LogP contribution >= 0.6 is 0 Å². The summed E-state index contributed by atoms with van der Waals surface area (Å²) in [6.45, 7) is 6.26. The van der Waals surface area contributed by atoms with Crippen LogP contribution in [0.25, 0.3) is 0 Å². The third-order valence-electron chi connectivity index (χ3n) is 2.65. The molecule has 18 heavy (non-hydrogen) atoms. The quantitative estimate of drug-likeness (QED) is 0.829. The Kier molecular flexibility index (Phi) is 6.04. The zero-order valence-corrected chi connectivity index (χ0v) is 11.0. The van der Waals surface area contributed by atoms with Crippen LogP contribution in [-0.4, -0.2) is 54.7 Å². The Labute approximate surface area is 108 Å². The molecule has 0 spiro atoms. The van der Waals surface area contributed by atoms with Gasteiger partial charge in [-0.2, -0.15) is 0 Å². The Hall–Kier alpha value is -1.72. The highest BCUT2D eigenvalue weighted by Crippen LogP contribution is 2.04. The minimum Gasteiger partial charge on any atom is -0.450 e. The van der Waals surface area contributed by atoms with Crippen molar-refractivity contribution in [3.8, 4) is 0 Å². The molecule has 0 unspecified atom stereocenters. The van der Waals surface area contributed by atoms with Gasteiger partial charge in [-0.1, -0.05) is 13.0 Å². The number of nitrogens with one attached hydrogen (secondary N) is 1. The molecule has 1 N–H and O–H groups in total. The van der Waals surface area contributed by atoms with E-state index in [9.17, 15) is 9.59 Å². The lowest BCUT2D eigenvalue weighted by molar-refractivity contribution is 0.0856. The number of piperazine rings is 1. The van der Waals surface area contributed by atoms with Gasteiger partial charge in [0.05, 0.1) is 6.61 Å². The maximum atomic E-state index is 11.7. The SMILES string of the molecule is CC/C=C/NC(=O)N1CCN(C(=O)OCC)CC1. The van der Waals surface area contributed by atoms with Gasteiger partial charge in [0.15, 0.2) is 0 Å². The molecule has 1 rings (SSSR count). The zero-order valence-electron chi connectivity index (χ0n) is 11.0. The molecule has 0 aromatic carbocycles. The van der Waals surface area contributed by atoms with Crippen molar-refractivity contribution >= 4 is 12.1 Å². The molecule has 1 heterocycles. The molecular weight excluding hydrogens is 234 g/mol. The first kappa shape index (κ1) is 14.3. The second-order valence-electron chi connectivity index (χ2n) is 3.93. The van der Waals surface area contributed by atoms with Crippen molar-refractivity contribution in [2.75, 3.05) is 32.8 Å². The van der Waals surface area contributed by atoms with Gasteiger partial charge in [0.25, 0.3) is 0 Å². The highest BCUT2D eigenvalue weighted by Gasteiger charge is 2.24.